The summed E-state index contributed by atoms with van der Waals surface area (Å²) in [5, 5.41) is 24.5. The average Bonchev–Trinajstić information content (AvgIpc) is 2.75. The summed E-state index contributed by atoms with van der Waals surface area (Å²) in [5.74, 6) is -2.65. The van der Waals surface area contributed by atoms with Gasteiger partial charge in [-0.25, -0.2) is 0 Å². The summed E-state index contributed by atoms with van der Waals surface area (Å²) in [5.41, 5.74) is -0.526. The van der Waals surface area contributed by atoms with Gasteiger partial charge in [-0.2, -0.15) is 0 Å². The summed E-state index contributed by atoms with van der Waals surface area (Å²) in [7, 11) is 0. The first-order valence-electron chi connectivity index (χ1n) is 13.2. The fraction of sp³-hybridized carbons (Fsp3) is 0.846. The van der Waals surface area contributed by atoms with Crippen LogP contribution < -0.4 is 10.6 Å². The van der Waals surface area contributed by atoms with Crippen molar-refractivity contribution >= 4 is 23.6 Å². The number of Topliss-reactive ketones (excluding diaryl/α,β-unsaturated/α-hetero) is 1. The molecule has 0 aromatic rings. The minimum Gasteiger partial charge on any atom is -0.480 e. The van der Waals surface area contributed by atoms with Crippen molar-refractivity contribution in [2.75, 3.05) is 78.8 Å². The number of amides is 1. The minimum atomic E-state index is -1.10. The lowest BCUT2D eigenvalue weighted by atomic mass is 9.90. The Morgan fingerprint density at radius 1 is 0.684 bits per heavy atom. The van der Waals surface area contributed by atoms with Crippen LogP contribution in [0.5, 0.6) is 0 Å². The van der Waals surface area contributed by atoms with Crippen LogP contribution in [0.2, 0.25) is 0 Å². The predicted molar refractivity (Wildman–Crippen MR) is 144 cm³/mol. The standard InChI is InChI=1S/C26H50N4O8/c1-25(2,3)21(31)17-29(19-23(33)34)11-12-30(20-24(35)36)18-22(32)27-9-7-13-37-15-16-38-14-8-10-28-26(4,5)6/h28H,7-20H2,1-6H3,(H,27,32)(H,33,34)(H,35,36). The first kappa shape index (κ1) is 35.9. The van der Waals surface area contributed by atoms with Gasteiger partial charge in [0.2, 0.25) is 5.91 Å². The van der Waals surface area contributed by atoms with E-state index in [1.54, 1.807) is 20.8 Å². The number of nitrogens with zero attached hydrogens (tertiary/aromatic N) is 2. The molecule has 12 heteroatoms. The second-order valence-electron chi connectivity index (χ2n) is 11.3. The Labute approximate surface area is 227 Å². The number of carboxylic acid groups (broad SMARTS) is 2. The van der Waals surface area contributed by atoms with Crippen LogP contribution in [0.25, 0.3) is 0 Å². The van der Waals surface area contributed by atoms with E-state index in [1.165, 1.54) is 9.80 Å². The topological polar surface area (TPSA) is 158 Å². The summed E-state index contributed by atoms with van der Waals surface area (Å²) in [6.07, 6.45) is 1.52. The Bertz CT molecular complexity index is 719. The van der Waals surface area contributed by atoms with Crippen molar-refractivity contribution in [1.82, 2.24) is 20.4 Å². The lowest BCUT2D eigenvalue weighted by molar-refractivity contribution is -0.141. The van der Waals surface area contributed by atoms with Crippen molar-refractivity contribution in [3.05, 3.63) is 0 Å². The maximum Gasteiger partial charge on any atom is 0.317 e. The highest BCUT2D eigenvalue weighted by Gasteiger charge is 2.25. The number of ether oxygens (including phenoxy) is 2. The Balaban J connectivity index is 4.26. The lowest BCUT2D eigenvalue weighted by Crippen LogP contribution is -2.46. The molecule has 0 rings (SSSR count). The normalized spacial score (nSPS) is 12.2. The summed E-state index contributed by atoms with van der Waals surface area (Å²) in [4.78, 5) is 50.0. The average molecular weight is 547 g/mol. The molecule has 0 aliphatic carbocycles. The number of rotatable bonds is 22. The van der Waals surface area contributed by atoms with E-state index in [9.17, 15) is 24.3 Å². The highest BCUT2D eigenvalue weighted by Crippen LogP contribution is 2.15. The van der Waals surface area contributed by atoms with Crippen LogP contribution in [0.4, 0.5) is 0 Å². The second kappa shape index (κ2) is 19.0. The molecule has 12 nitrogen and oxygen atoms in total. The maximum atomic E-state index is 12.3. The maximum absolute atomic E-state index is 12.3. The molecule has 0 unspecified atom stereocenters. The Morgan fingerprint density at radius 3 is 1.61 bits per heavy atom. The Kier molecular flexibility index (Phi) is 18.0. The molecule has 0 fully saturated rings. The molecule has 0 radical (unpaired) electrons. The first-order chi connectivity index (χ1) is 17.6. The van der Waals surface area contributed by atoms with Crippen molar-refractivity contribution < 1.29 is 38.9 Å². The minimum absolute atomic E-state index is 0.0671. The number of nitrogens with one attached hydrogen (secondary N) is 2. The molecular weight excluding hydrogens is 496 g/mol. The van der Waals surface area contributed by atoms with E-state index in [4.69, 9.17) is 14.6 Å². The van der Waals surface area contributed by atoms with Gasteiger partial charge in [-0.15, -0.1) is 0 Å². The van der Waals surface area contributed by atoms with Gasteiger partial charge in [-0.3, -0.25) is 29.0 Å². The molecule has 0 bridgehead atoms. The van der Waals surface area contributed by atoms with E-state index in [2.05, 4.69) is 31.4 Å². The van der Waals surface area contributed by atoms with Crippen LogP contribution in [0.15, 0.2) is 0 Å². The van der Waals surface area contributed by atoms with Crippen LogP contribution in [0, 0.1) is 5.41 Å². The number of hydrogen-bond donors (Lipinski definition) is 4. The number of aliphatic carboxylic acids is 2. The summed E-state index contributed by atoms with van der Waals surface area (Å²) in [6, 6.07) is 0. The van der Waals surface area contributed by atoms with Crippen LogP contribution in [0.3, 0.4) is 0 Å². The zero-order valence-corrected chi connectivity index (χ0v) is 24.1. The van der Waals surface area contributed by atoms with Crippen LogP contribution >= 0.6 is 0 Å². The fourth-order valence-electron chi connectivity index (χ4n) is 3.15. The van der Waals surface area contributed by atoms with Crippen molar-refractivity contribution in [2.24, 2.45) is 5.41 Å². The quantitative estimate of drug-likeness (QED) is 0.142. The number of carbonyl (C=O) groups is 4. The zero-order chi connectivity index (χ0) is 29.2. The van der Waals surface area contributed by atoms with Gasteiger partial charge in [-0.1, -0.05) is 20.8 Å². The molecule has 1 amide bonds. The third-order valence-electron chi connectivity index (χ3n) is 5.30. The third kappa shape index (κ3) is 21.9. The van der Waals surface area contributed by atoms with Gasteiger partial charge in [0, 0.05) is 43.8 Å². The highest BCUT2D eigenvalue weighted by molar-refractivity contribution is 5.86. The van der Waals surface area contributed by atoms with Crippen molar-refractivity contribution in [1.29, 1.82) is 0 Å². The van der Waals surface area contributed by atoms with Crippen molar-refractivity contribution in [3.8, 4) is 0 Å². The number of ketones is 1. The van der Waals surface area contributed by atoms with Gasteiger partial charge in [0.15, 0.2) is 5.78 Å². The fourth-order valence-corrected chi connectivity index (χ4v) is 3.15. The molecule has 0 aliphatic rings. The SMILES string of the molecule is CC(C)(C)NCCCOCCOCCCNC(=O)CN(CCN(CC(=O)O)CC(=O)C(C)(C)C)CC(=O)O. The lowest BCUT2D eigenvalue weighted by Gasteiger charge is -2.27. The Morgan fingerprint density at radius 2 is 1.16 bits per heavy atom. The molecule has 222 valence electrons. The largest absolute Gasteiger partial charge is 0.480 e. The summed E-state index contributed by atoms with van der Waals surface area (Å²) < 4.78 is 11.0. The highest BCUT2D eigenvalue weighted by atomic mass is 16.5. The van der Waals surface area contributed by atoms with E-state index in [1.807, 2.05) is 0 Å². The summed E-state index contributed by atoms with van der Waals surface area (Å²) >= 11 is 0. The molecule has 0 saturated heterocycles. The van der Waals surface area contributed by atoms with Crippen LogP contribution in [-0.4, -0.2) is 128 Å². The van der Waals surface area contributed by atoms with E-state index < -0.39 is 17.4 Å². The second-order valence-corrected chi connectivity index (χ2v) is 11.3. The van der Waals surface area contributed by atoms with E-state index in [0.717, 1.165) is 13.0 Å². The van der Waals surface area contributed by atoms with Gasteiger partial charge in [0.05, 0.1) is 39.4 Å². The van der Waals surface area contributed by atoms with E-state index in [0.29, 0.717) is 39.4 Å². The van der Waals surface area contributed by atoms with E-state index >= 15 is 0 Å². The number of carboxylic acids is 2. The number of carbonyl (C=O) groups excluding carboxylic acids is 2. The monoisotopic (exact) mass is 546 g/mol. The molecule has 0 atom stereocenters. The smallest absolute Gasteiger partial charge is 0.317 e. The molecule has 0 aliphatic heterocycles. The number of hydrogen-bond acceptors (Lipinski definition) is 9. The van der Waals surface area contributed by atoms with Gasteiger partial charge in [0.1, 0.15) is 0 Å². The molecule has 0 aromatic heterocycles. The Hall–Kier alpha value is -2.12. The summed E-state index contributed by atoms with van der Waals surface area (Å²) in [6.45, 7) is 14.3. The van der Waals surface area contributed by atoms with E-state index in [-0.39, 0.29) is 56.5 Å². The van der Waals surface area contributed by atoms with Crippen LogP contribution in [-0.2, 0) is 28.7 Å². The molecule has 0 heterocycles. The predicted octanol–water partition coefficient (Wildman–Crippen LogP) is 0.693. The van der Waals surface area contributed by atoms with Gasteiger partial charge < -0.3 is 30.3 Å². The molecule has 38 heavy (non-hydrogen) atoms. The van der Waals surface area contributed by atoms with Gasteiger partial charge in [-0.05, 0) is 40.2 Å². The molecule has 4 N–H and O–H groups in total. The molecule has 0 spiro atoms. The van der Waals surface area contributed by atoms with Crippen molar-refractivity contribution in [3.63, 3.8) is 0 Å². The molecule has 0 saturated carbocycles. The van der Waals surface area contributed by atoms with Crippen molar-refractivity contribution in [2.45, 2.75) is 59.9 Å². The molecule has 0 aromatic carbocycles. The molecular formula is C26H50N4O8. The first-order valence-corrected chi connectivity index (χ1v) is 13.2. The van der Waals surface area contributed by atoms with Gasteiger partial charge in [0.25, 0.3) is 0 Å². The zero-order valence-electron chi connectivity index (χ0n) is 24.1. The van der Waals surface area contributed by atoms with Crippen LogP contribution in [0.1, 0.15) is 54.4 Å². The van der Waals surface area contributed by atoms with Gasteiger partial charge >= 0.3 is 11.9 Å². The third-order valence-corrected chi connectivity index (χ3v) is 5.30.